The van der Waals surface area contributed by atoms with Crippen molar-refractivity contribution < 1.29 is 9.90 Å². The Kier molecular flexibility index (Phi) is 5.10. The van der Waals surface area contributed by atoms with Gasteiger partial charge in [0.25, 0.3) is 0 Å². The number of nitrogens with zero attached hydrogens (tertiary/aromatic N) is 4. The molecule has 0 saturated carbocycles. The van der Waals surface area contributed by atoms with E-state index in [0.717, 1.165) is 49.6 Å². The van der Waals surface area contributed by atoms with Crippen LogP contribution in [0.2, 0.25) is 0 Å². The van der Waals surface area contributed by atoms with Gasteiger partial charge in [-0.05, 0) is 31.9 Å². The van der Waals surface area contributed by atoms with Crippen LogP contribution < -0.4 is 4.90 Å². The maximum Gasteiger partial charge on any atom is 0.339 e. The van der Waals surface area contributed by atoms with E-state index in [4.69, 9.17) is 4.98 Å². The average Bonchev–Trinajstić information content (AvgIpc) is 3.23. The number of benzene rings is 1. The topological polar surface area (TPSA) is 71.2 Å². The van der Waals surface area contributed by atoms with Gasteiger partial charge in [0.15, 0.2) is 0 Å². The molecule has 3 heterocycles. The van der Waals surface area contributed by atoms with Crippen LogP contribution in [0, 0.1) is 0 Å². The molecule has 6 nitrogen and oxygen atoms in total. The lowest BCUT2D eigenvalue weighted by atomic mass is 9.96. The summed E-state index contributed by atoms with van der Waals surface area (Å²) in [7, 11) is 0. The van der Waals surface area contributed by atoms with Crippen molar-refractivity contribution in [3.05, 3.63) is 66.2 Å². The van der Waals surface area contributed by atoms with Crippen LogP contribution in [0.1, 0.15) is 41.9 Å². The van der Waals surface area contributed by atoms with Crippen molar-refractivity contribution in [2.24, 2.45) is 0 Å². The van der Waals surface area contributed by atoms with Crippen molar-refractivity contribution in [3.63, 3.8) is 0 Å². The second-order valence-electron chi connectivity index (χ2n) is 7.10. The number of imidazole rings is 1. The van der Waals surface area contributed by atoms with E-state index in [-0.39, 0.29) is 11.5 Å². The molecular formula is C22H24N4O2. The number of pyridine rings is 1. The zero-order chi connectivity index (χ0) is 19.5. The highest BCUT2D eigenvalue weighted by molar-refractivity contribution is 5.94. The minimum atomic E-state index is -0.945. The third-order valence-corrected chi connectivity index (χ3v) is 5.35. The highest BCUT2D eigenvalue weighted by Gasteiger charge is 2.28. The van der Waals surface area contributed by atoms with Crippen molar-refractivity contribution in [2.45, 2.75) is 32.2 Å². The summed E-state index contributed by atoms with van der Waals surface area (Å²) in [6.07, 6.45) is 5.88. The Labute approximate surface area is 164 Å². The second-order valence-corrected chi connectivity index (χ2v) is 7.10. The number of carboxylic acids is 1. The van der Waals surface area contributed by atoms with E-state index >= 15 is 0 Å². The summed E-state index contributed by atoms with van der Waals surface area (Å²) in [5, 5.41) is 9.71. The molecule has 1 aliphatic heterocycles. The summed E-state index contributed by atoms with van der Waals surface area (Å²) in [5.74, 6) is 0.947. The summed E-state index contributed by atoms with van der Waals surface area (Å²) >= 11 is 0. The highest BCUT2D eigenvalue weighted by Crippen LogP contribution is 2.31. The third-order valence-electron chi connectivity index (χ3n) is 5.35. The summed E-state index contributed by atoms with van der Waals surface area (Å²) in [6, 6.07) is 13.3. The maximum absolute atomic E-state index is 11.8. The lowest BCUT2D eigenvalue weighted by molar-refractivity contribution is 0.0697. The van der Waals surface area contributed by atoms with Gasteiger partial charge in [-0.25, -0.2) is 14.8 Å². The Bertz CT molecular complexity index is 968. The summed E-state index contributed by atoms with van der Waals surface area (Å²) in [5.41, 5.74) is 2.02. The predicted molar refractivity (Wildman–Crippen MR) is 109 cm³/mol. The first-order valence-corrected chi connectivity index (χ1v) is 9.73. The molecule has 2 aromatic heterocycles. The summed E-state index contributed by atoms with van der Waals surface area (Å²) in [4.78, 5) is 23.3. The molecule has 1 aliphatic rings. The van der Waals surface area contributed by atoms with Crippen LogP contribution in [0.15, 0.2) is 54.9 Å². The standard InChI is InChI=1S/C22H24N4O2/c1-2-25-14-12-23-20(25)17-9-6-13-26(15-17)21-18(22(27)28)10-11-19(24-21)16-7-4-3-5-8-16/h3-5,7-8,10-12,14,17H,2,6,9,13,15H2,1H3,(H,27,28)/t17-/m1/s1. The van der Waals surface area contributed by atoms with E-state index in [1.807, 2.05) is 42.7 Å². The van der Waals surface area contributed by atoms with Gasteiger partial charge in [-0.15, -0.1) is 0 Å². The lowest BCUT2D eigenvalue weighted by Crippen LogP contribution is -2.37. The molecule has 1 saturated heterocycles. The van der Waals surface area contributed by atoms with Crippen molar-refractivity contribution in [1.82, 2.24) is 14.5 Å². The normalized spacial score (nSPS) is 16.9. The molecule has 0 radical (unpaired) electrons. The van der Waals surface area contributed by atoms with E-state index in [1.54, 1.807) is 12.1 Å². The minimum absolute atomic E-state index is 0.249. The zero-order valence-electron chi connectivity index (χ0n) is 16.0. The number of aryl methyl sites for hydroxylation is 1. The number of aromatic carboxylic acids is 1. The van der Waals surface area contributed by atoms with Gasteiger partial charge in [-0.3, -0.25) is 0 Å². The molecule has 0 aliphatic carbocycles. The number of piperidine rings is 1. The molecule has 3 aromatic rings. The molecule has 1 N–H and O–H groups in total. The number of anilines is 1. The van der Waals surface area contributed by atoms with Crippen molar-refractivity contribution >= 4 is 11.8 Å². The van der Waals surface area contributed by atoms with E-state index < -0.39 is 5.97 Å². The largest absolute Gasteiger partial charge is 0.478 e. The molecule has 6 heteroatoms. The number of hydrogen-bond donors (Lipinski definition) is 1. The number of hydrogen-bond acceptors (Lipinski definition) is 4. The average molecular weight is 376 g/mol. The van der Waals surface area contributed by atoms with Gasteiger partial charge in [-0.1, -0.05) is 30.3 Å². The van der Waals surface area contributed by atoms with Crippen molar-refractivity contribution in [3.8, 4) is 11.3 Å². The summed E-state index contributed by atoms with van der Waals surface area (Å²) in [6.45, 7) is 4.52. The smallest absolute Gasteiger partial charge is 0.339 e. The first-order valence-electron chi connectivity index (χ1n) is 9.73. The monoisotopic (exact) mass is 376 g/mol. The van der Waals surface area contributed by atoms with Crippen molar-refractivity contribution in [2.75, 3.05) is 18.0 Å². The fourth-order valence-electron chi connectivity index (χ4n) is 3.95. The molecule has 0 spiro atoms. The van der Waals surface area contributed by atoms with Gasteiger partial charge in [0, 0.05) is 43.5 Å². The molecule has 0 bridgehead atoms. The van der Waals surface area contributed by atoms with E-state index in [1.165, 1.54) is 0 Å². The Morgan fingerprint density at radius 2 is 2.04 bits per heavy atom. The number of carbonyl (C=O) groups is 1. The molecule has 0 amide bonds. The number of carboxylic acid groups (broad SMARTS) is 1. The maximum atomic E-state index is 11.8. The molecular weight excluding hydrogens is 352 g/mol. The molecule has 0 unspecified atom stereocenters. The molecule has 4 rings (SSSR count). The number of aromatic nitrogens is 3. The second kappa shape index (κ2) is 7.84. The Balaban J connectivity index is 1.69. The predicted octanol–water partition coefficient (Wildman–Crippen LogP) is 4.05. The van der Waals surface area contributed by atoms with E-state index in [2.05, 4.69) is 21.4 Å². The molecule has 28 heavy (non-hydrogen) atoms. The van der Waals surface area contributed by atoms with Gasteiger partial charge < -0.3 is 14.6 Å². The molecule has 1 fully saturated rings. The fourth-order valence-corrected chi connectivity index (χ4v) is 3.95. The SMILES string of the molecule is CCn1ccnc1[C@@H]1CCCN(c2nc(-c3ccccc3)ccc2C(=O)O)C1. The van der Waals surface area contributed by atoms with Crippen LogP contribution in [-0.2, 0) is 6.54 Å². The van der Waals surface area contributed by atoms with Gasteiger partial charge in [0.2, 0.25) is 0 Å². The zero-order valence-corrected chi connectivity index (χ0v) is 16.0. The summed E-state index contributed by atoms with van der Waals surface area (Å²) < 4.78 is 2.17. The molecule has 1 atom stereocenters. The van der Waals surface area contributed by atoms with Gasteiger partial charge in [-0.2, -0.15) is 0 Å². The quantitative estimate of drug-likeness (QED) is 0.727. The van der Waals surface area contributed by atoms with Gasteiger partial charge in [0.1, 0.15) is 17.2 Å². The van der Waals surface area contributed by atoms with Gasteiger partial charge >= 0.3 is 5.97 Å². The minimum Gasteiger partial charge on any atom is -0.478 e. The van der Waals surface area contributed by atoms with Gasteiger partial charge in [0.05, 0.1) is 5.69 Å². The van der Waals surface area contributed by atoms with E-state index in [9.17, 15) is 9.90 Å². The Hall–Kier alpha value is -3.15. The Morgan fingerprint density at radius 1 is 1.21 bits per heavy atom. The van der Waals surface area contributed by atoms with E-state index in [0.29, 0.717) is 5.82 Å². The Morgan fingerprint density at radius 3 is 2.79 bits per heavy atom. The molecule has 144 valence electrons. The van der Waals surface area contributed by atoms with Crippen LogP contribution in [-0.4, -0.2) is 38.7 Å². The van der Waals surface area contributed by atoms with Crippen LogP contribution in [0.3, 0.4) is 0 Å². The third kappa shape index (κ3) is 3.50. The van der Waals surface area contributed by atoms with Crippen LogP contribution in [0.5, 0.6) is 0 Å². The lowest BCUT2D eigenvalue weighted by Gasteiger charge is -2.34. The van der Waals surface area contributed by atoms with Crippen LogP contribution >= 0.6 is 0 Å². The van der Waals surface area contributed by atoms with Crippen molar-refractivity contribution in [1.29, 1.82) is 0 Å². The highest BCUT2D eigenvalue weighted by atomic mass is 16.4. The first kappa shape index (κ1) is 18.2. The van der Waals surface area contributed by atoms with Crippen LogP contribution in [0.4, 0.5) is 5.82 Å². The first-order chi connectivity index (χ1) is 13.7. The van der Waals surface area contributed by atoms with Crippen LogP contribution in [0.25, 0.3) is 11.3 Å². The molecule has 1 aromatic carbocycles. The number of rotatable bonds is 5. The fraction of sp³-hybridized carbons (Fsp3) is 0.318.